The van der Waals surface area contributed by atoms with Crippen LogP contribution in [-0.2, 0) is 9.59 Å². The quantitative estimate of drug-likeness (QED) is 0.410. The summed E-state index contributed by atoms with van der Waals surface area (Å²) in [6, 6.07) is 9.86. The largest absolute Gasteiger partial charge is 0.507 e. The number of aliphatic hydroxyl groups is 1. The number of carbonyl (C=O) groups is 2. The lowest BCUT2D eigenvalue weighted by molar-refractivity contribution is -0.139. The number of hydrogen-bond acceptors (Lipinski definition) is 6. The Labute approximate surface area is 176 Å². The molecule has 0 radical (unpaired) electrons. The highest BCUT2D eigenvalue weighted by Gasteiger charge is 2.45. The van der Waals surface area contributed by atoms with E-state index < -0.39 is 17.7 Å². The van der Waals surface area contributed by atoms with Crippen LogP contribution in [0.2, 0.25) is 0 Å². The molecule has 0 saturated carbocycles. The molecule has 30 heavy (non-hydrogen) atoms. The minimum atomic E-state index is -0.673. The first kappa shape index (κ1) is 21.5. The number of benzene rings is 1. The molecule has 1 aliphatic rings. The SMILES string of the molecule is CCOc1ccc([C@H]2C(=C(O)c3ccncc3)C(=O)C(=O)N2CCCN(C)C)cc1. The highest BCUT2D eigenvalue weighted by Crippen LogP contribution is 2.39. The summed E-state index contributed by atoms with van der Waals surface area (Å²) < 4.78 is 5.51. The zero-order valence-electron chi connectivity index (χ0n) is 17.5. The van der Waals surface area contributed by atoms with Crippen LogP contribution in [0.1, 0.15) is 30.5 Å². The first-order valence-corrected chi connectivity index (χ1v) is 10.00. The summed E-state index contributed by atoms with van der Waals surface area (Å²) in [6.45, 7) is 3.64. The molecule has 1 aromatic carbocycles. The Morgan fingerprint density at radius 1 is 1.13 bits per heavy atom. The fraction of sp³-hybridized carbons (Fsp3) is 0.348. The van der Waals surface area contributed by atoms with E-state index in [1.165, 1.54) is 12.4 Å². The van der Waals surface area contributed by atoms with Crippen molar-refractivity contribution in [3.63, 3.8) is 0 Å². The van der Waals surface area contributed by atoms with Gasteiger partial charge in [0.25, 0.3) is 11.7 Å². The van der Waals surface area contributed by atoms with Crippen LogP contribution in [0, 0.1) is 0 Å². The van der Waals surface area contributed by atoms with Crippen molar-refractivity contribution < 1.29 is 19.4 Å². The van der Waals surface area contributed by atoms with Crippen LogP contribution in [0.25, 0.3) is 5.76 Å². The van der Waals surface area contributed by atoms with E-state index in [1.807, 2.05) is 50.2 Å². The molecule has 0 unspecified atom stereocenters. The van der Waals surface area contributed by atoms with Crippen LogP contribution in [-0.4, -0.2) is 65.4 Å². The number of likely N-dealkylation sites (tertiary alicyclic amines) is 1. The molecule has 2 heterocycles. The maximum Gasteiger partial charge on any atom is 0.295 e. The van der Waals surface area contributed by atoms with Crippen molar-refractivity contribution in [3.05, 3.63) is 65.5 Å². The van der Waals surface area contributed by atoms with Gasteiger partial charge in [-0.25, -0.2) is 0 Å². The molecular formula is C23H27N3O4. The average Bonchev–Trinajstić information content (AvgIpc) is 2.99. The van der Waals surface area contributed by atoms with Gasteiger partial charge in [0.05, 0.1) is 18.2 Å². The molecule has 1 aromatic heterocycles. The fourth-order valence-electron chi connectivity index (χ4n) is 3.59. The summed E-state index contributed by atoms with van der Waals surface area (Å²) in [5.41, 5.74) is 1.30. The minimum absolute atomic E-state index is 0.0974. The van der Waals surface area contributed by atoms with Crippen LogP contribution in [0.15, 0.2) is 54.4 Å². The zero-order chi connectivity index (χ0) is 21.7. The summed E-state index contributed by atoms with van der Waals surface area (Å²) >= 11 is 0. The number of aliphatic hydroxyl groups excluding tert-OH is 1. The van der Waals surface area contributed by atoms with E-state index in [0.717, 1.165) is 12.1 Å². The molecule has 1 saturated heterocycles. The second-order valence-electron chi connectivity index (χ2n) is 7.39. The second kappa shape index (κ2) is 9.54. The Kier molecular flexibility index (Phi) is 6.84. The Morgan fingerprint density at radius 3 is 2.40 bits per heavy atom. The Hall–Kier alpha value is -3.19. The van der Waals surface area contributed by atoms with Gasteiger partial charge in [-0.1, -0.05) is 12.1 Å². The third-order valence-corrected chi connectivity index (χ3v) is 5.00. The van der Waals surface area contributed by atoms with Crippen molar-refractivity contribution in [1.29, 1.82) is 0 Å². The van der Waals surface area contributed by atoms with Gasteiger partial charge in [-0.05, 0) is 63.8 Å². The first-order chi connectivity index (χ1) is 14.4. The number of carbonyl (C=O) groups excluding carboxylic acids is 2. The molecule has 7 heteroatoms. The highest BCUT2D eigenvalue weighted by molar-refractivity contribution is 6.46. The monoisotopic (exact) mass is 409 g/mol. The number of aromatic nitrogens is 1. The van der Waals surface area contributed by atoms with Crippen molar-refractivity contribution in [2.45, 2.75) is 19.4 Å². The third-order valence-electron chi connectivity index (χ3n) is 5.00. The predicted octanol–water partition coefficient (Wildman–Crippen LogP) is 2.85. The van der Waals surface area contributed by atoms with E-state index in [4.69, 9.17) is 4.74 Å². The fourth-order valence-corrected chi connectivity index (χ4v) is 3.59. The molecule has 2 aromatic rings. The topological polar surface area (TPSA) is 83.0 Å². The summed E-state index contributed by atoms with van der Waals surface area (Å²) in [5, 5.41) is 10.9. The van der Waals surface area contributed by atoms with Gasteiger partial charge in [0.15, 0.2) is 0 Å². The number of pyridine rings is 1. The minimum Gasteiger partial charge on any atom is -0.507 e. The summed E-state index contributed by atoms with van der Waals surface area (Å²) in [6.07, 6.45) is 3.78. The van der Waals surface area contributed by atoms with E-state index in [1.54, 1.807) is 17.0 Å². The predicted molar refractivity (Wildman–Crippen MR) is 114 cm³/mol. The van der Waals surface area contributed by atoms with Crippen LogP contribution < -0.4 is 4.74 Å². The van der Waals surface area contributed by atoms with Crippen LogP contribution >= 0.6 is 0 Å². The van der Waals surface area contributed by atoms with Gasteiger partial charge in [0.2, 0.25) is 0 Å². The molecule has 7 nitrogen and oxygen atoms in total. The molecule has 1 aliphatic heterocycles. The van der Waals surface area contributed by atoms with E-state index in [0.29, 0.717) is 30.9 Å². The number of ether oxygens (including phenoxy) is 1. The molecular weight excluding hydrogens is 382 g/mol. The molecule has 0 aliphatic carbocycles. The number of rotatable bonds is 8. The molecule has 3 rings (SSSR count). The maximum absolute atomic E-state index is 12.9. The van der Waals surface area contributed by atoms with E-state index in [2.05, 4.69) is 4.98 Å². The van der Waals surface area contributed by atoms with E-state index >= 15 is 0 Å². The molecule has 0 spiro atoms. The van der Waals surface area contributed by atoms with Gasteiger partial charge in [0.1, 0.15) is 11.5 Å². The summed E-state index contributed by atoms with van der Waals surface area (Å²) in [7, 11) is 3.92. The van der Waals surface area contributed by atoms with Gasteiger partial charge < -0.3 is 19.6 Å². The van der Waals surface area contributed by atoms with Crippen molar-refractivity contribution >= 4 is 17.4 Å². The molecule has 1 fully saturated rings. The lowest BCUT2D eigenvalue weighted by Crippen LogP contribution is -2.32. The van der Waals surface area contributed by atoms with Crippen molar-refractivity contribution in [2.24, 2.45) is 0 Å². The van der Waals surface area contributed by atoms with E-state index in [9.17, 15) is 14.7 Å². The van der Waals surface area contributed by atoms with Crippen molar-refractivity contribution in [3.8, 4) is 5.75 Å². The number of amides is 1. The van der Waals surface area contributed by atoms with Gasteiger partial charge >= 0.3 is 0 Å². The number of hydrogen-bond donors (Lipinski definition) is 1. The molecule has 1 amide bonds. The van der Waals surface area contributed by atoms with Crippen LogP contribution in [0.5, 0.6) is 5.75 Å². The lowest BCUT2D eigenvalue weighted by Gasteiger charge is -2.26. The molecule has 1 N–H and O–H groups in total. The summed E-state index contributed by atoms with van der Waals surface area (Å²) in [4.78, 5) is 33.3. The number of ketones is 1. The molecule has 1 atom stereocenters. The Balaban J connectivity index is 2.05. The number of Topliss-reactive ketones (excluding diaryl/α,β-unsaturated/α-hetero) is 1. The Bertz CT molecular complexity index is 923. The third kappa shape index (κ3) is 4.52. The van der Waals surface area contributed by atoms with Gasteiger partial charge in [-0.2, -0.15) is 0 Å². The van der Waals surface area contributed by atoms with Crippen LogP contribution in [0.4, 0.5) is 0 Å². The van der Waals surface area contributed by atoms with E-state index in [-0.39, 0.29) is 11.3 Å². The van der Waals surface area contributed by atoms with Crippen molar-refractivity contribution in [1.82, 2.24) is 14.8 Å². The average molecular weight is 409 g/mol. The van der Waals surface area contributed by atoms with Gasteiger partial charge in [0, 0.05) is 24.5 Å². The maximum atomic E-state index is 12.9. The highest BCUT2D eigenvalue weighted by atomic mass is 16.5. The Morgan fingerprint density at radius 2 is 1.80 bits per heavy atom. The second-order valence-corrected chi connectivity index (χ2v) is 7.39. The normalized spacial score (nSPS) is 18.3. The standard InChI is InChI=1S/C23H27N3O4/c1-4-30-18-8-6-16(7-9-18)20-19(21(27)17-10-12-24-13-11-17)22(28)23(29)26(20)15-5-14-25(2)3/h6-13,20,27H,4-5,14-15H2,1-3H3/t20-/m0/s1. The smallest absolute Gasteiger partial charge is 0.295 e. The van der Waals surface area contributed by atoms with Crippen LogP contribution in [0.3, 0.4) is 0 Å². The first-order valence-electron chi connectivity index (χ1n) is 10.00. The van der Waals surface area contributed by atoms with Gasteiger partial charge in [-0.3, -0.25) is 14.6 Å². The number of nitrogens with zero attached hydrogens (tertiary/aromatic N) is 3. The summed E-state index contributed by atoms with van der Waals surface area (Å²) in [5.74, 6) is -0.749. The molecule has 0 bridgehead atoms. The zero-order valence-corrected chi connectivity index (χ0v) is 17.5. The molecule has 158 valence electrons. The van der Waals surface area contributed by atoms with Crippen molar-refractivity contribution in [2.75, 3.05) is 33.8 Å². The lowest BCUT2D eigenvalue weighted by atomic mass is 9.95. The van der Waals surface area contributed by atoms with Gasteiger partial charge in [-0.15, -0.1) is 0 Å².